The van der Waals surface area contributed by atoms with Crippen LogP contribution in [0.25, 0.3) is 0 Å². The molecule has 0 aromatic carbocycles. The minimum Gasteiger partial charge on any atom is -0.288 e. The predicted molar refractivity (Wildman–Crippen MR) is 45.0 cm³/mol. The Hall–Kier alpha value is -0.840. The summed E-state index contributed by atoms with van der Waals surface area (Å²) in [6, 6.07) is 1.30. The molecule has 5 heteroatoms. The Bertz CT molecular complexity index is 352. The predicted octanol–water partition coefficient (Wildman–Crippen LogP) is 0.450. The van der Waals surface area contributed by atoms with Gasteiger partial charge in [-0.2, -0.15) is 0 Å². The number of alkyl halides is 1. The van der Waals surface area contributed by atoms with Crippen LogP contribution in [-0.4, -0.2) is 9.55 Å². The van der Waals surface area contributed by atoms with Crippen molar-refractivity contribution >= 4 is 15.9 Å². The van der Waals surface area contributed by atoms with Crippen molar-refractivity contribution in [1.29, 1.82) is 0 Å². The minimum atomic E-state index is -0.401. The molecule has 0 spiro atoms. The fraction of sp³-hybridized carbons (Fsp3) is 0.333. The Balaban J connectivity index is 3.32. The summed E-state index contributed by atoms with van der Waals surface area (Å²) in [5, 5.41) is 0. The molecule has 0 radical (unpaired) electrons. The monoisotopic (exact) mass is 218 g/mol. The van der Waals surface area contributed by atoms with E-state index in [4.69, 9.17) is 0 Å². The van der Waals surface area contributed by atoms with Crippen molar-refractivity contribution in [1.82, 2.24) is 9.55 Å². The van der Waals surface area contributed by atoms with Gasteiger partial charge in [-0.1, -0.05) is 15.9 Å². The number of hydrogen-bond donors (Lipinski definition) is 1. The zero-order valence-corrected chi connectivity index (χ0v) is 7.46. The Morgan fingerprint density at radius 2 is 2.27 bits per heavy atom. The highest BCUT2D eigenvalue weighted by molar-refractivity contribution is 9.09. The van der Waals surface area contributed by atoms with Gasteiger partial charge in [-0.15, -0.1) is 0 Å². The lowest BCUT2D eigenvalue weighted by Gasteiger charge is -2.04. The van der Waals surface area contributed by atoms with Crippen LogP contribution in [0.2, 0.25) is 0 Å². The summed E-state index contributed by atoms with van der Waals surface area (Å²) < 4.78 is 1.38. The van der Waals surface area contributed by atoms with Crippen molar-refractivity contribution in [3.8, 4) is 0 Å². The molecule has 0 aliphatic heterocycles. The van der Waals surface area contributed by atoms with Crippen LogP contribution in [0.3, 0.4) is 0 Å². The van der Waals surface area contributed by atoms with E-state index in [1.807, 2.05) is 0 Å². The molecule has 1 aromatic rings. The number of hydrogen-bond acceptors (Lipinski definition) is 2. The van der Waals surface area contributed by atoms with Gasteiger partial charge in [-0.05, 0) is 6.92 Å². The molecular formula is C6H7BrN2O2. The highest BCUT2D eigenvalue weighted by Gasteiger charge is 2.00. The van der Waals surface area contributed by atoms with E-state index >= 15 is 0 Å². The van der Waals surface area contributed by atoms with Crippen molar-refractivity contribution in [2.75, 3.05) is 0 Å². The molecule has 0 saturated carbocycles. The van der Waals surface area contributed by atoms with Gasteiger partial charge in [0, 0.05) is 12.3 Å². The first kappa shape index (κ1) is 8.26. The first-order valence-electron chi connectivity index (χ1n) is 3.07. The zero-order valence-electron chi connectivity index (χ0n) is 5.87. The fourth-order valence-electron chi connectivity index (χ4n) is 0.707. The second-order valence-electron chi connectivity index (χ2n) is 2.09. The van der Waals surface area contributed by atoms with Gasteiger partial charge in [0.05, 0.1) is 4.95 Å². The summed E-state index contributed by atoms with van der Waals surface area (Å²) in [7, 11) is 0. The van der Waals surface area contributed by atoms with E-state index in [0.29, 0.717) is 0 Å². The molecule has 1 rings (SSSR count). The van der Waals surface area contributed by atoms with Crippen molar-refractivity contribution in [2.24, 2.45) is 0 Å². The topological polar surface area (TPSA) is 54.9 Å². The van der Waals surface area contributed by atoms with E-state index in [-0.39, 0.29) is 10.5 Å². The second-order valence-corrected chi connectivity index (χ2v) is 3.42. The Labute approximate surface area is 71.0 Å². The van der Waals surface area contributed by atoms with Gasteiger partial charge in [0.25, 0.3) is 5.56 Å². The van der Waals surface area contributed by atoms with Crippen molar-refractivity contribution in [2.45, 2.75) is 11.9 Å². The number of aromatic amines is 1. The van der Waals surface area contributed by atoms with Crippen LogP contribution in [0.5, 0.6) is 0 Å². The fourth-order valence-corrected chi connectivity index (χ4v) is 1.03. The SMILES string of the molecule is CC(Br)n1ccc(=O)[nH]c1=O. The summed E-state index contributed by atoms with van der Waals surface area (Å²) in [6.07, 6.45) is 1.45. The highest BCUT2D eigenvalue weighted by atomic mass is 79.9. The van der Waals surface area contributed by atoms with Gasteiger partial charge < -0.3 is 0 Å². The van der Waals surface area contributed by atoms with E-state index in [9.17, 15) is 9.59 Å². The molecule has 0 aliphatic carbocycles. The summed E-state index contributed by atoms with van der Waals surface area (Å²) in [5.41, 5.74) is -0.777. The molecule has 1 heterocycles. The molecule has 0 amide bonds. The number of rotatable bonds is 1. The van der Waals surface area contributed by atoms with E-state index < -0.39 is 5.69 Å². The molecule has 0 aliphatic rings. The molecule has 0 saturated heterocycles. The summed E-state index contributed by atoms with van der Waals surface area (Å²) in [5.74, 6) is 0. The number of nitrogens with zero attached hydrogens (tertiary/aromatic N) is 1. The van der Waals surface area contributed by atoms with Crippen molar-refractivity contribution in [3.63, 3.8) is 0 Å². The third-order valence-electron chi connectivity index (χ3n) is 1.23. The van der Waals surface area contributed by atoms with Crippen LogP contribution in [0, 0.1) is 0 Å². The largest absolute Gasteiger partial charge is 0.329 e. The van der Waals surface area contributed by atoms with Gasteiger partial charge >= 0.3 is 5.69 Å². The normalized spacial score (nSPS) is 12.9. The first-order valence-corrected chi connectivity index (χ1v) is 3.98. The molecule has 1 unspecified atom stereocenters. The average Bonchev–Trinajstić information content (AvgIpc) is 1.85. The van der Waals surface area contributed by atoms with Crippen LogP contribution < -0.4 is 11.2 Å². The van der Waals surface area contributed by atoms with Gasteiger partial charge in [-0.25, -0.2) is 4.79 Å². The van der Waals surface area contributed by atoms with E-state index in [1.54, 1.807) is 6.92 Å². The number of nitrogens with one attached hydrogen (secondary N) is 1. The Morgan fingerprint density at radius 1 is 1.64 bits per heavy atom. The smallest absolute Gasteiger partial charge is 0.288 e. The zero-order chi connectivity index (χ0) is 8.43. The summed E-state index contributed by atoms with van der Waals surface area (Å²) >= 11 is 3.20. The standard InChI is InChI=1S/C6H7BrN2O2/c1-4(7)9-3-2-5(10)8-6(9)11/h2-4H,1H3,(H,8,10,11). The highest BCUT2D eigenvalue weighted by Crippen LogP contribution is 2.07. The van der Waals surface area contributed by atoms with Gasteiger partial charge in [0.2, 0.25) is 0 Å². The number of halogens is 1. The molecule has 60 valence electrons. The van der Waals surface area contributed by atoms with Gasteiger partial charge in [-0.3, -0.25) is 14.3 Å². The molecule has 11 heavy (non-hydrogen) atoms. The first-order chi connectivity index (χ1) is 5.11. The molecule has 1 N–H and O–H groups in total. The second kappa shape index (κ2) is 3.04. The van der Waals surface area contributed by atoms with E-state index in [2.05, 4.69) is 20.9 Å². The maximum atomic E-state index is 11.0. The number of aromatic nitrogens is 2. The third-order valence-corrected chi connectivity index (χ3v) is 1.68. The van der Waals surface area contributed by atoms with Crippen LogP contribution in [0.15, 0.2) is 21.9 Å². The van der Waals surface area contributed by atoms with Crippen LogP contribution in [0.1, 0.15) is 11.9 Å². The van der Waals surface area contributed by atoms with E-state index in [0.717, 1.165) is 0 Å². The summed E-state index contributed by atoms with van der Waals surface area (Å²) in [4.78, 5) is 23.6. The molecular weight excluding hydrogens is 212 g/mol. The minimum absolute atomic E-state index is 0.105. The third kappa shape index (κ3) is 1.80. The van der Waals surface area contributed by atoms with Crippen LogP contribution in [0.4, 0.5) is 0 Å². The van der Waals surface area contributed by atoms with Crippen LogP contribution >= 0.6 is 15.9 Å². The van der Waals surface area contributed by atoms with E-state index in [1.165, 1.54) is 16.8 Å². The molecule has 1 aromatic heterocycles. The number of H-pyrrole nitrogens is 1. The Kier molecular flexibility index (Phi) is 2.28. The van der Waals surface area contributed by atoms with Crippen molar-refractivity contribution in [3.05, 3.63) is 33.1 Å². The lowest BCUT2D eigenvalue weighted by molar-refractivity contribution is 0.686. The molecule has 0 bridgehead atoms. The van der Waals surface area contributed by atoms with Gasteiger partial charge in [0.15, 0.2) is 0 Å². The molecule has 1 atom stereocenters. The Morgan fingerprint density at radius 3 is 2.73 bits per heavy atom. The summed E-state index contributed by atoms with van der Waals surface area (Å²) in [6.45, 7) is 1.79. The maximum absolute atomic E-state index is 11.0. The maximum Gasteiger partial charge on any atom is 0.329 e. The lowest BCUT2D eigenvalue weighted by Crippen LogP contribution is -2.28. The van der Waals surface area contributed by atoms with Crippen molar-refractivity contribution < 1.29 is 0 Å². The molecule has 0 fully saturated rings. The van der Waals surface area contributed by atoms with Crippen LogP contribution in [-0.2, 0) is 0 Å². The van der Waals surface area contributed by atoms with Gasteiger partial charge in [0.1, 0.15) is 0 Å². The lowest BCUT2D eigenvalue weighted by atomic mass is 10.6. The average molecular weight is 219 g/mol. The molecule has 4 nitrogen and oxygen atoms in total. The quantitative estimate of drug-likeness (QED) is 0.697.